The summed E-state index contributed by atoms with van der Waals surface area (Å²) in [7, 11) is 0. The highest BCUT2D eigenvalue weighted by molar-refractivity contribution is 9.10. The molecule has 2 heterocycles. The lowest BCUT2D eigenvalue weighted by Crippen LogP contribution is -1.96. The van der Waals surface area contributed by atoms with Gasteiger partial charge in [-0.15, -0.1) is 21.5 Å². The maximum Gasteiger partial charge on any atom is 0.258 e. The van der Waals surface area contributed by atoms with Crippen LogP contribution in [0.2, 0.25) is 0 Å². The predicted molar refractivity (Wildman–Crippen MR) is 102 cm³/mol. The van der Waals surface area contributed by atoms with E-state index in [1.165, 1.54) is 0 Å². The Hall–Kier alpha value is -2.44. The Kier molecular flexibility index (Phi) is 4.63. The summed E-state index contributed by atoms with van der Waals surface area (Å²) >= 11 is 5.06. The lowest BCUT2D eigenvalue weighted by molar-refractivity contribution is 0.304. The molecular weight excluding hydrogens is 400 g/mol. The Bertz CT molecular complexity index is 983. The van der Waals surface area contributed by atoms with Crippen molar-refractivity contribution >= 4 is 27.3 Å². The second kappa shape index (κ2) is 7.21. The number of ether oxygens (including phenoxy) is 1. The Balaban J connectivity index is 1.53. The third kappa shape index (κ3) is 3.65. The molecule has 0 fully saturated rings. The van der Waals surface area contributed by atoms with E-state index in [0.717, 1.165) is 26.2 Å². The molecule has 0 saturated heterocycles. The summed E-state index contributed by atoms with van der Waals surface area (Å²) < 4.78 is 12.6. The molecule has 2 aromatic carbocycles. The Morgan fingerprint density at radius 3 is 2.68 bits per heavy atom. The molecular formula is C19H13BrN2O2S. The first kappa shape index (κ1) is 16.1. The van der Waals surface area contributed by atoms with Crippen LogP contribution >= 0.6 is 27.3 Å². The Labute approximate surface area is 157 Å². The van der Waals surface area contributed by atoms with Gasteiger partial charge in [0, 0.05) is 5.56 Å². The van der Waals surface area contributed by atoms with Crippen LogP contribution in [-0.2, 0) is 6.61 Å². The number of thiophene rings is 1. The van der Waals surface area contributed by atoms with Crippen molar-refractivity contribution in [3.63, 3.8) is 0 Å². The number of hydrogen-bond donors (Lipinski definition) is 0. The van der Waals surface area contributed by atoms with E-state index >= 15 is 0 Å². The van der Waals surface area contributed by atoms with Gasteiger partial charge in [-0.25, -0.2) is 0 Å². The highest BCUT2D eigenvalue weighted by atomic mass is 79.9. The molecule has 0 atom stereocenters. The van der Waals surface area contributed by atoms with Gasteiger partial charge < -0.3 is 9.15 Å². The second-order valence-corrected chi connectivity index (χ2v) is 7.11. The van der Waals surface area contributed by atoms with Crippen LogP contribution in [-0.4, -0.2) is 10.2 Å². The van der Waals surface area contributed by atoms with E-state index in [1.807, 2.05) is 66.0 Å². The average molecular weight is 413 g/mol. The first-order valence-electron chi connectivity index (χ1n) is 7.63. The van der Waals surface area contributed by atoms with Crippen molar-refractivity contribution < 1.29 is 9.15 Å². The lowest BCUT2D eigenvalue weighted by atomic mass is 10.1. The summed E-state index contributed by atoms with van der Waals surface area (Å²) in [6.45, 7) is 0.461. The number of hydrogen-bond acceptors (Lipinski definition) is 5. The van der Waals surface area contributed by atoms with Crippen LogP contribution in [0.5, 0.6) is 5.75 Å². The predicted octanol–water partition coefficient (Wildman–Crippen LogP) is 5.81. The standard InChI is InChI=1S/C19H13BrN2O2S/c20-15-7-1-2-8-16(15)23-12-13-5-3-6-14(11-13)18-21-22-19(24-18)17-9-4-10-25-17/h1-11H,12H2. The van der Waals surface area contributed by atoms with Crippen LogP contribution in [0.3, 0.4) is 0 Å². The number of para-hydroxylation sites is 1. The lowest BCUT2D eigenvalue weighted by Gasteiger charge is -2.08. The molecule has 124 valence electrons. The number of aromatic nitrogens is 2. The fraction of sp³-hybridized carbons (Fsp3) is 0.0526. The van der Waals surface area contributed by atoms with Crippen molar-refractivity contribution in [3.8, 4) is 28.0 Å². The normalized spacial score (nSPS) is 10.8. The van der Waals surface area contributed by atoms with Gasteiger partial charge in [0.15, 0.2) is 0 Å². The fourth-order valence-electron chi connectivity index (χ4n) is 2.36. The van der Waals surface area contributed by atoms with E-state index in [2.05, 4.69) is 26.1 Å². The zero-order chi connectivity index (χ0) is 17.1. The monoisotopic (exact) mass is 412 g/mol. The molecule has 0 unspecified atom stereocenters. The first-order valence-corrected chi connectivity index (χ1v) is 9.31. The number of rotatable bonds is 5. The summed E-state index contributed by atoms with van der Waals surface area (Å²) in [4.78, 5) is 0.965. The average Bonchev–Trinajstić information content (AvgIpc) is 3.33. The molecule has 4 aromatic rings. The molecule has 25 heavy (non-hydrogen) atoms. The summed E-state index contributed by atoms with van der Waals surface area (Å²) in [6.07, 6.45) is 0. The van der Waals surface area contributed by atoms with Crippen LogP contribution in [0.25, 0.3) is 22.2 Å². The van der Waals surface area contributed by atoms with Crippen LogP contribution < -0.4 is 4.74 Å². The summed E-state index contributed by atoms with van der Waals surface area (Å²) in [5, 5.41) is 10.3. The van der Waals surface area contributed by atoms with Gasteiger partial charge in [0.1, 0.15) is 12.4 Å². The third-order valence-electron chi connectivity index (χ3n) is 3.56. The molecule has 0 aliphatic rings. The third-order valence-corrected chi connectivity index (χ3v) is 5.07. The van der Waals surface area contributed by atoms with Crippen molar-refractivity contribution in [1.29, 1.82) is 0 Å². The van der Waals surface area contributed by atoms with Crippen molar-refractivity contribution in [2.75, 3.05) is 0 Å². The molecule has 4 nitrogen and oxygen atoms in total. The summed E-state index contributed by atoms with van der Waals surface area (Å²) in [5.74, 6) is 1.86. The van der Waals surface area contributed by atoms with Crippen molar-refractivity contribution in [3.05, 3.63) is 76.1 Å². The molecule has 0 radical (unpaired) electrons. The number of halogens is 1. The van der Waals surface area contributed by atoms with Gasteiger partial charge in [-0.1, -0.05) is 30.3 Å². The zero-order valence-electron chi connectivity index (χ0n) is 13.1. The highest BCUT2D eigenvalue weighted by Gasteiger charge is 2.11. The minimum atomic E-state index is 0.461. The smallest absolute Gasteiger partial charge is 0.258 e. The van der Waals surface area contributed by atoms with E-state index < -0.39 is 0 Å². The van der Waals surface area contributed by atoms with E-state index in [9.17, 15) is 0 Å². The van der Waals surface area contributed by atoms with Gasteiger partial charge in [-0.3, -0.25) is 0 Å². The zero-order valence-corrected chi connectivity index (χ0v) is 15.5. The molecule has 6 heteroatoms. The minimum absolute atomic E-state index is 0.461. The minimum Gasteiger partial charge on any atom is -0.488 e. The SMILES string of the molecule is Brc1ccccc1OCc1cccc(-c2nnc(-c3cccs3)o2)c1. The summed E-state index contributed by atoms with van der Waals surface area (Å²) in [6, 6.07) is 19.6. The number of benzene rings is 2. The van der Waals surface area contributed by atoms with Gasteiger partial charge in [0.2, 0.25) is 5.89 Å². The maximum atomic E-state index is 5.87. The maximum absolute atomic E-state index is 5.87. The topological polar surface area (TPSA) is 48.2 Å². The largest absolute Gasteiger partial charge is 0.488 e. The molecule has 0 N–H and O–H groups in total. The highest BCUT2D eigenvalue weighted by Crippen LogP contribution is 2.28. The van der Waals surface area contributed by atoms with E-state index in [1.54, 1.807) is 11.3 Å². The second-order valence-electron chi connectivity index (χ2n) is 5.31. The van der Waals surface area contributed by atoms with Gasteiger partial charge >= 0.3 is 0 Å². The first-order chi connectivity index (χ1) is 12.3. The quantitative estimate of drug-likeness (QED) is 0.415. The van der Waals surface area contributed by atoms with Crippen LogP contribution in [0.15, 0.2) is 74.9 Å². The molecule has 0 saturated carbocycles. The van der Waals surface area contributed by atoms with E-state index in [-0.39, 0.29) is 0 Å². The Morgan fingerprint density at radius 2 is 1.84 bits per heavy atom. The van der Waals surface area contributed by atoms with Gasteiger partial charge in [-0.2, -0.15) is 0 Å². The van der Waals surface area contributed by atoms with Gasteiger partial charge in [-0.05, 0) is 57.2 Å². The van der Waals surface area contributed by atoms with Crippen molar-refractivity contribution in [2.45, 2.75) is 6.61 Å². The molecule has 4 rings (SSSR count). The Morgan fingerprint density at radius 1 is 0.960 bits per heavy atom. The molecule has 0 amide bonds. The van der Waals surface area contributed by atoms with Gasteiger partial charge in [0.05, 0.1) is 9.35 Å². The van der Waals surface area contributed by atoms with Crippen LogP contribution in [0, 0.1) is 0 Å². The van der Waals surface area contributed by atoms with Crippen LogP contribution in [0.1, 0.15) is 5.56 Å². The summed E-state index contributed by atoms with van der Waals surface area (Å²) in [5.41, 5.74) is 1.91. The molecule has 2 aromatic heterocycles. The van der Waals surface area contributed by atoms with Crippen molar-refractivity contribution in [2.24, 2.45) is 0 Å². The van der Waals surface area contributed by atoms with E-state index in [0.29, 0.717) is 18.4 Å². The van der Waals surface area contributed by atoms with Crippen molar-refractivity contribution in [1.82, 2.24) is 10.2 Å². The fourth-order valence-corrected chi connectivity index (χ4v) is 3.40. The molecule has 0 spiro atoms. The van der Waals surface area contributed by atoms with Crippen LogP contribution in [0.4, 0.5) is 0 Å². The molecule has 0 aliphatic carbocycles. The van der Waals surface area contributed by atoms with Gasteiger partial charge in [0.25, 0.3) is 5.89 Å². The number of nitrogens with zero attached hydrogens (tertiary/aromatic N) is 2. The molecule has 0 bridgehead atoms. The molecule has 0 aliphatic heterocycles. The van der Waals surface area contributed by atoms with E-state index in [4.69, 9.17) is 9.15 Å².